The van der Waals surface area contributed by atoms with E-state index in [1.165, 1.54) is 6.07 Å². The van der Waals surface area contributed by atoms with Crippen LogP contribution in [0, 0.1) is 12.7 Å². The van der Waals surface area contributed by atoms with Gasteiger partial charge in [-0.3, -0.25) is 9.78 Å². The highest BCUT2D eigenvalue weighted by atomic mass is 19.1. The van der Waals surface area contributed by atoms with Gasteiger partial charge in [0.05, 0.1) is 5.56 Å². The molecule has 0 bridgehead atoms. The summed E-state index contributed by atoms with van der Waals surface area (Å²) in [7, 11) is 0. The lowest BCUT2D eigenvalue weighted by atomic mass is 10.1. The van der Waals surface area contributed by atoms with Crippen LogP contribution >= 0.6 is 0 Å². The van der Waals surface area contributed by atoms with Crippen molar-refractivity contribution in [3.63, 3.8) is 0 Å². The summed E-state index contributed by atoms with van der Waals surface area (Å²) in [5.41, 5.74) is 1.79. The quantitative estimate of drug-likeness (QED) is 0.889. The second kappa shape index (κ2) is 5.48. The van der Waals surface area contributed by atoms with E-state index >= 15 is 0 Å². The van der Waals surface area contributed by atoms with Gasteiger partial charge in [-0.25, -0.2) is 4.39 Å². The third-order valence-electron chi connectivity index (χ3n) is 2.63. The van der Waals surface area contributed by atoms with E-state index in [9.17, 15) is 14.3 Å². The highest BCUT2D eigenvalue weighted by molar-refractivity contribution is 5.96. The topological polar surface area (TPSA) is 62.2 Å². The third-order valence-corrected chi connectivity index (χ3v) is 2.63. The van der Waals surface area contributed by atoms with Crippen LogP contribution in [0.2, 0.25) is 0 Å². The number of hydrogen-bond acceptors (Lipinski definition) is 3. The molecule has 5 heteroatoms. The molecule has 0 saturated heterocycles. The van der Waals surface area contributed by atoms with E-state index < -0.39 is 11.7 Å². The van der Waals surface area contributed by atoms with Crippen LogP contribution in [-0.4, -0.2) is 16.0 Å². The fourth-order valence-corrected chi connectivity index (χ4v) is 1.58. The number of benzene rings is 1. The number of amides is 1. The third kappa shape index (κ3) is 3.28. The smallest absolute Gasteiger partial charge is 0.255 e. The van der Waals surface area contributed by atoms with E-state index in [4.69, 9.17) is 0 Å². The second-order valence-electron chi connectivity index (χ2n) is 4.15. The van der Waals surface area contributed by atoms with Crippen LogP contribution in [-0.2, 0) is 6.54 Å². The first-order valence-electron chi connectivity index (χ1n) is 5.74. The first-order valence-corrected chi connectivity index (χ1v) is 5.74. The van der Waals surface area contributed by atoms with E-state index in [0.717, 1.165) is 23.4 Å². The number of aromatic nitrogens is 1. The molecule has 1 aromatic carbocycles. The fourth-order valence-electron chi connectivity index (χ4n) is 1.58. The molecular formula is C14H13FN2O2. The lowest BCUT2D eigenvalue weighted by Gasteiger charge is -2.07. The van der Waals surface area contributed by atoms with Gasteiger partial charge in [0.15, 0.2) is 0 Å². The molecule has 0 aliphatic carbocycles. The Hall–Kier alpha value is -2.43. The maximum absolute atomic E-state index is 12.8. The first kappa shape index (κ1) is 13.0. The number of hydrogen-bond donors (Lipinski definition) is 2. The molecule has 0 saturated carbocycles. The Kier molecular flexibility index (Phi) is 3.75. The highest BCUT2D eigenvalue weighted by Gasteiger charge is 2.11. The number of phenolic OH excluding ortho intramolecular Hbond substituents is 1. The number of carbonyl (C=O) groups is 1. The Bertz CT molecular complexity index is 597. The summed E-state index contributed by atoms with van der Waals surface area (Å²) < 4.78 is 12.8. The fraction of sp³-hybridized carbons (Fsp3) is 0.143. The molecule has 0 aliphatic rings. The Morgan fingerprint density at radius 2 is 2.16 bits per heavy atom. The number of nitrogens with zero attached hydrogens (tertiary/aromatic N) is 1. The number of phenols is 1. The molecule has 0 radical (unpaired) electrons. The second-order valence-corrected chi connectivity index (χ2v) is 4.15. The van der Waals surface area contributed by atoms with Crippen molar-refractivity contribution in [3.8, 4) is 5.75 Å². The van der Waals surface area contributed by atoms with Gasteiger partial charge in [0.25, 0.3) is 5.91 Å². The molecule has 2 rings (SSSR count). The number of aryl methyl sites for hydroxylation is 1. The van der Waals surface area contributed by atoms with Crippen molar-refractivity contribution in [1.82, 2.24) is 10.3 Å². The summed E-state index contributed by atoms with van der Waals surface area (Å²) >= 11 is 0. The maximum atomic E-state index is 12.8. The molecule has 1 amide bonds. The van der Waals surface area contributed by atoms with Gasteiger partial charge in [-0.05, 0) is 30.7 Å². The lowest BCUT2D eigenvalue weighted by molar-refractivity contribution is 0.0948. The van der Waals surface area contributed by atoms with Crippen molar-refractivity contribution < 1.29 is 14.3 Å². The minimum atomic E-state index is -0.586. The standard InChI is InChI=1S/C14H13FN2O2/c1-9-2-3-10(7-16-9)8-17-14(19)12-5-4-11(15)6-13(12)18/h2-7,18H,8H2,1H3,(H,17,19). The van der Waals surface area contributed by atoms with Gasteiger partial charge >= 0.3 is 0 Å². The highest BCUT2D eigenvalue weighted by Crippen LogP contribution is 2.17. The zero-order chi connectivity index (χ0) is 13.8. The molecule has 4 nitrogen and oxygen atoms in total. The minimum Gasteiger partial charge on any atom is -0.507 e. The molecule has 0 fully saturated rings. The molecule has 19 heavy (non-hydrogen) atoms. The molecule has 0 spiro atoms. The Labute approximate surface area is 109 Å². The van der Waals surface area contributed by atoms with Crippen LogP contribution in [0.1, 0.15) is 21.6 Å². The van der Waals surface area contributed by atoms with Crippen molar-refractivity contribution in [2.24, 2.45) is 0 Å². The number of halogens is 1. The predicted molar refractivity (Wildman–Crippen MR) is 68.2 cm³/mol. The molecule has 1 aromatic heterocycles. The zero-order valence-electron chi connectivity index (χ0n) is 10.4. The van der Waals surface area contributed by atoms with Crippen LogP contribution in [0.3, 0.4) is 0 Å². The Morgan fingerprint density at radius 3 is 2.79 bits per heavy atom. The summed E-state index contributed by atoms with van der Waals surface area (Å²) in [4.78, 5) is 15.9. The van der Waals surface area contributed by atoms with Crippen molar-refractivity contribution in [1.29, 1.82) is 0 Å². The Morgan fingerprint density at radius 1 is 1.37 bits per heavy atom. The normalized spacial score (nSPS) is 10.2. The molecule has 2 N–H and O–H groups in total. The molecule has 98 valence electrons. The largest absolute Gasteiger partial charge is 0.507 e. The molecule has 1 heterocycles. The molecule has 0 aliphatic heterocycles. The van der Waals surface area contributed by atoms with Crippen LogP contribution in [0.25, 0.3) is 0 Å². The van der Waals surface area contributed by atoms with Crippen molar-refractivity contribution in [3.05, 3.63) is 59.2 Å². The van der Waals surface area contributed by atoms with E-state index in [-0.39, 0.29) is 11.3 Å². The molecule has 0 unspecified atom stereocenters. The van der Waals surface area contributed by atoms with E-state index in [2.05, 4.69) is 10.3 Å². The van der Waals surface area contributed by atoms with Gasteiger partial charge in [0.2, 0.25) is 0 Å². The zero-order valence-corrected chi connectivity index (χ0v) is 10.4. The average molecular weight is 260 g/mol. The summed E-state index contributed by atoms with van der Waals surface area (Å²) in [6.07, 6.45) is 1.67. The Balaban J connectivity index is 2.03. The van der Waals surface area contributed by atoms with Gasteiger partial charge in [0.1, 0.15) is 11.6 Å². The number of carbonyl (C=O) groups excluding carboxylic acids is 1. The maximum Gasteiger partial charge on any atom is 0.255 e. The van der Waals surface area contributed by atoms with E-state index in [0.29, 0.717) is 6.54 Å². The molecular weight excluding hydrogens is 247 g/mol. The van der Waals surface area contributed by atoms with Gasteiger partial charge in [0, 0.05) is 24.5 Å². The van der Waals surface area contributed by atoms with Crippen molar-refractivity contribution in [2.75, 3.05) is 0 Å². The minimum absolute atomic E-state index is 0.0430. The van der Waals surface area contributed by atoms with Gasteiger partial charge < -0.3 is 10.4 Å². The van der Waals surface area contributed by atoms with Crippen LogP contribution in [0.15, 0.2) is 36.5 Å². The number of nitrogens with one attached hydrogen (secondary N) is 1. The summed E-state index contributed by atoms with van der Waals surface area (Å²) in [5.74, 6) is -1.42. The van der Waals surface area contributed by atoms with Gasteiger partial charge in [-0.2, -0.15) is 0 Å². The SMILES string of the molecule is Cc1ccc(CNC(=O)c2ccc(F)cc2O)cn1. The van der Waals surface area contributed by atoms with Crippen LogP contribution in [0.5, 0.6) is 5.75 Å². The van der Waals surface area contributed by atoms with Crippen LogP contribution < -0.4 is 5.32 Å². The van der Waals surface area contributed by atoms with Crippen molar-refractivity contribution >= 4 is 5.91 Å². The van der Waals surface area contributed by atoms with Crippen LogP contribution in [0.4, 0.5) is 4.39 Å². The first-order chi connectivity index (χ1) is 9.06. The van der Waals surface area contributed by atoms with Crippen molar-refractivity contribution in [2.45, 2.75) is 13.5 Å². The van der Waals surface area contributed by atoms with E-state index in [1.54, 1.807) is 6.20 Å². The lowest BCUT2D eigenvalue weighted by Crippen LogP contribution is -2.23. The summed E-state index contributed by atoms with van der Waals surface area (Å²) in [6, 6.07) is 6.97. The monoisotopic (exact) mass is 260 g/mol. The molecule has 0 atom stereocenters. The van der Waals surface area contributed by atoms with E-state index in [1.807, 2.05) is 19.1 Å². The predicted octanol–water partition coefficient (Wildman–Crippen LogP) is 2.16. The average Bonchev–Trinajstić information content (AvgIpc) is 2.37. The molecule has 2 aromatic rings. The van der Waals surface area contributed by atoms with Gasteiger partial charge in [-0.1, -0.05) is 6.07 Å². The summed E-state index contributed by atoms with van der Waals surface area (Å²) in [5, 5.41) is 12.1. The number of rotatable bonds is 3. The van der Waals surface area contributed by atoms with Gasteiger partial charge in [-0.15, -0.1) is 0 Å². The summed E-state index contributed by atoms with van der Waals surface area (Å²) in [6.45, 7) is 2.17. The number of pyridine rings is 1. The number of aromatic hydroxyl groups is 1.